The zero-order valence-corrected chi connectivity index (χ0v) is 13.0. The van der Waals surface area contributed by atoms with Crippen LogP contribution in [0.1, 0.15) is 15.4 Å². The van der Waals surface area contributed by atoms with Gasteiger partial charge in [-0.15, -0.1) is 0 Å². The number of aromatic nitrogens is 1. The monoisotopic (exact) mass is 327 g/mol. The van der Waals surface area contributed by atoms with Crippen LogP contribution in [-0.4, -0.2) is 24.3 Å². The molecule has 0 atom stereocenters. The normalized spacial score (nSPS) is 10.8. The molecule has 0 fully saturated rings. The molecule has 0 unspecified atom stereocenters. The lowest BCUT2D eigenvalue weighted by molar-refractivity contribution is 0.0607. The first-order valence-corrected chi connectivity index (χ1v) is 7.56. The van der Waals surface area contributed by atoms with Crippen molar-refractivity contribution in [3.63, 3.8) is 0 Å². The van der Waals surface area contributed by atoms with Gasteiger partial charge in [0.05, 0.1) is 25.3 Å². The molecule has 2 aromatic heterocycles. The van der Waals surface area contributed by atoms with Gasteiger partial charge in [0.15, 0.2) is 0 Å². The fourth-order valence-corrected chi connectivity index (χ4v) is 2.76. The van der Waals surface area contributed by atoms with Crippen LogP contribution in [0.4, 0.5) is 5.13 Å². The summed E-state index contributed by atoms with van der Waals surface area (Å²) in [6.45, 7) is 0. The molecule has 0 spiro atoms. The highest BCUT2D eigenvalue weighted by molar-refractivity contribution is 7.17. The van der Waals surface area contributed by atoms with Crippen molar-refractivity contribution in [2.45, 2.75) is 0 Å². The lowest BCUT2D eigenvalue weighted by Gasteiger charge is -1.99. The Morgan fingerprint density at radius 1 is 1.30 bits per heavy atom. The largest absolute Gasteiger partial charge is 0.465 e. The summed E-state index contributed by atoms with van der Waals surface area (Å²) in [5.41, 5.74) is 4.21. The average molecular weight is 327 g/mol. The highest BCUT2D eigenvalue weighted by Crippen LogP contribution is 2.31. The van der Waals surface area contributed by atoms with E-state index in [1.165, 1.54) is 24.7 Å². The summed E-state index contributed by atoms with van der Waals surface area (Å²) in [7, 11) is 1.35. The topological polar surface area (TPSA) is 76.7 Å². The molecule has 2 heterocycles. The fraction of sp³-hybridized carbons (Fsp3) is 0.0625. The quantitative estimate of drug-likeness (QED) is 0.440. The van der Waals surface area contributed by atoms with Crippen LogP contribution in [0.3, 0.4) is 0 Å². The number of anilines is 1. The van der Waals surface area contributed by atoms with Crippen molar-refractivity contribution in [3.8, 4) is 11.3 Å². The minimum absolute atomic E-state index is 0.425. The van der Waals surface area contributed by atoms with Gasteiger partial charge in [-0.25, -0.2) is 9.78 Å². The summed E-state index contributed by atoms with van der Waals surface area (Å²) in [5, 5.41) is 4.54. The number of methoxy groups -OCH3 is 1. The zero-order valence-electron chi connectivity index (χ0n) is 12.2. The van der Waals surface area contributed by atoms with Crippen LogP contribution >= 0.6 is 11.3 Å². The third-order valence-corrected chi connectivity index (χ3v) is 3.88. The second-order valence-corrected chi connectivity index (χ2v) is 5.44. The predicted molar refractivity (Wildman–Crippen MR) is 88.8 cm³/mol. The maximum atomic E-state index is 11.9. The van der Waals surface area contributed by atoms with E-state index >= 15 is 0 Å². The molecule has 0 bridgehead atoms. The summed E-state index contributed by atoms with van der Waals surface area (Å²) >= 11 is 1.18. The maximum Gasteiger partial charge on any atom is 0.350 e. The SMILES string of the molecule is COC(=O)c1sc(N/N=C\c2ccco2)nc1-c1ccccc1. The molecule has 6 nitrogen and oxygen atoms in total. The van der Waals surface area contributed by atoms with Crippen LogP contribution in [0.5, 0.6) is 0 Å². The molecule has 0 saturated carbocycles. The van der Waals surface area contributed by atoms with E-state index in [0.717, 1.165) is 5.56 Å². The molecule has 3 rings (SSSR count). The molecular weight excluding hydrogens is 314 g/mol. The van der Waals surface area contributed by atoms with Crippen molar-refractivity contribution in [1.29, 1.82) is 0 Å². The first-order valence-electron chi connectivity index (χ1n) is 6.75. The van der Waals surface area contributed by atoms with Gasteiger partial charge >= 0.3 is 5.97 Å². The maximum absolute atomic E-state index is 11.9. The highest BCUT2D eigenvalue weighted by atomic mass is 32.1. The summed E-state index contributed by atoms with van der Waals surface area (Å²) in [6, 6.07) is 13.0. The minimum Gasteiger partial charge on any atom is -0.465 e. The lowest BCUT2D eigenvalue weighted by Crippen LogP contribution is -2.00. The van der Waals surface area contributed by atoms with Crippen LogP contribution in [0.2, 0.25) is 0 Å². The molecular formula is C16H13N3O3S. The van der Waals surface area contributed by atoms with Crippen molar-refractivity contribution >= 4 is 28.7 Å². The van der Waals surface area contributed by atoms with Crippen molar-refractivity contribution in [2.24, 2.45) is 5.10 Å². The van der Waals surface area contributed by atoms with Crippen molar-refractivity contribution in [2.75, 3.05) is 12.5 Å². The smallest absolute Gasteiger partial charge is 0.350 e. The third-order valence-electron chi connectivity index (χ3n) is 2.94. The van der Waals surface area contributed by atoms with Crippen LogP contribution in [0.25, 0.3) is 11.3 Å². The van der Waals surface area contributed by atoms with Crippen molar-refractivity contribution in [3.05, 3.63) is 59.4 Å². The first-order chi connectivity index (χ1) is 11.3. The van der Waals surface area contributed by atoms with Gasteiger partial charge in [0.2, 0.25) is 5.13 Å². The van der Waals surface area contributed by atoms with Crippen LogP contribution in [0, 0.1) is 0 Å². The fourth-order valence-electron chi connectivity index (χ4n) is 1.91. The lowest BCUT2D eigenvalue weighted by atomic mass is 10.1. The number of carbonyl (C=O) groups excluding carboxylic acids is 1. The number of ether oxygens (including phenoxy) is 1. The van der Waals surface area contributed by atoms with Crippen molar-refractivity contribution < 1.29 is 13.9 Å². The zero-order chi connectivity index (χ0) is 16.1. The molecule has 1 N–H and O–H groups in total. The molecule has 0 aliphatic carbocycles. The molecule has 7 heteroatoms. The molecule has 0 saturated heterocycles. The van der Waals surface area contributed by atoms with Gasteiger partial charge in [-0.3, -0.25) is 5.43 Å². The highest BCUT2D eigenvalue weighted by Gasteiger charge is 2.19. The number of benzene rings is 1. The number of rotatable bonds is 5. The van der Waals surface area contributed by atoms with Gasteiger partial charge in [0.1, 0.15) is 10.6 Å². The number of esters is 1. The van der Waals surface area contributed by atoms with Crippen molar-refractivity contribution in [1.82, 2.24) is 4.98 Å². The van der Waals surface area contributed by atoms with Gasteiger partial charge < -0.3 is 9.15 Å². The van der Waals surface area contributed by atoms with Gasteiger partial charge in [0.25, 0.3) is 0 Å². The standard InChI is InChI=1S/C16H13N3O3S/c1-21-15(20)14-13(11-6-3-2-4-7-11)18-16(23-14)19-17-10-12-8-5-9-22-12/h2-10H,1H3,(H,18,19)/b17-10-. The van der Waals surface area contributed by atoms with E-state index in [0.29, 0.717) is 21.5 Å². The molecule has 0 amide bonds. The Morgan fingerprint density at radius 2 is 2.13 bits per heavy atom. The van der Waals surface area contributed by atoms with E-state index in [1.807, 2.05) is 30.3 Å². The summed E-state index contributed by atoms with van der Waals surface area (Å²) in [4.78, 5) is 16.8. The molecule has 1 aromatic carbocycles. The number of thiazole rings is 1. The van der Waals surface area contributed by atoms with Crippen LogP contribution < -0.4 is 5.43 Å². The molecule has 23 heavy (non-hydrogen) atoms. The third kappa shape index (κ3) is 3.46. The number of hydrogen-bond donors (Lipinski definition) is 1. The Labute approximate surface area is 136 Å². The number of furan rings is 1. The molecule has 0 aliphatic rings. The number of nitrogens with zero attached hydrogens (tertiary/aromatic N) is 2. The number of hydrazone groups is 1. The van der Waals surface area contributed by atoms with E-state index in [4.69, 9.17) is 9.15 Å². The molecule has 0 radical (unpaired) electrons. The van der Waals surface area contributed by atoms with E-state index in [1.54, 1.807) is 18.4 Å². The Balaban J connectivity index is 1.87. The number of hydrogen-bond acceptors (Lipinski definition) is 7. The van der Waals surface area contributed by atoms with E-state index in [-0.39, 0.29) is 0 Å². The van der Waals surface area contributed by atoms with E-state index in [2.05, 4.69) is 15.5 Å². The number of carbonyl (C=O) groups is 1. The summed E-state index contributed by atoms with van der Waals surface area (Å²) in [5.74, 6) is 0.190. The first kappa shape index (κ1) is 15.0. The predicted octanol–water partition coefficient (Wildman–Crippen LogP) is 3.64. The van der Waals surface area contributed by atoms with Gasteiger partial charge in [0, 0.05) is 5.56 Å². The summed E-state index contributed by atoms with van der Waals surface area (Å²) < 4.78 is 9.97. The molecule has 116 valence electrons. The van der Waals surface area contributed by atoms with Gasteiger partial charge in [-0.05, 0) is 12.1 Å². The molecule has 0 aliphatic heterocycles. The number of nitrogens with one attached hydrogen (secondary N) is 1. The Morgan fingerprint density at radius 3 is 2.83 bits per heavy atom. The van der Waals surface area contributed by atoms with Crippen LogP contribution in [-0.2, 0) is 4.74 Å². The second-order valence-electron chi connectivity index (χ2n) is 4.44. The Kier molecular flexibility index (Phi) is 4.49. The van der Waals surface area contributed by atoms with E-state index in [9.17, 15) is 4.79 Å². The summed E-state index contributed by atoms with van der Waals surface area (Å²) in [6.07, 6.45) is 3.09. The average Bonchev–Trinajstić information content (AvgIpc) is 3.25. The van der Waals surface area contributed by atoms with Gasteiger partial charge in [-0.2, -0.15) is 5.10 Å². The second kappa shape index (κ2) is 6.89. The molecule has 3 aromatic rings. The van der Waals surface area contributed by atoms with E-state index < -0.39 is 5.97 Å². The Bertz CT molecular complexity index is 810. The Hall–Kier alpha value is -2.93. The minimum atomic E-state index is -0.426. The van der Waals surface area contributed by atoms with Gasteiger partial charge in [-0.1, -0.05) is 41.7 Å². The van der Waals surface area contributed by atoms with Crippen LogP contribution in [0.15, 0.2) is 58.2 Å².